The van der Waals surface area contributed by atoms with E-state index in [-0.39, 0.29) is 5.91 Å². The third-order valence-corrected chi connectivity index (χ3v) is 5.43. The van der Waals surface area contributed by atoms with E-state index >= 15 is 0 Å². The standard InChI is InChI=1S/C19H31N3OS/c1-16(10-13-24-3)21(2)15-19(23)20-14-17-6-8-18(9-7-17)22-11-4-5-12-22/h6-9,16H,4-5,10-15H2,1-3H3,(H,20,23). The fraction of sp³-hybridized carbons (Fsp3) is 0.632. The lowest BCUT2D eigenvalue weighted by molar-refractivity contribution is -0.122. The summed E-state index contributed by atoms with van der Waals surface area (Å²) in [7, 11) is 2.02. The van der Waals surface area contributed by atoms with Gasteiger partial charge in [0.05, 0.1) is 6.54 Å². The summed E-state index contributed by atoms with van der Waals surface area (Å²) >= 11 is 1.85. The molecule has 1 amide bonds. The molecular formula is C19H31N3OS. The molecule has 5 heteroatoms. The zero-order valence-corrected chi connectivity index (χ0v) is 16.1. The fourth-order valence-electron chi connectivity index (χ4n) is 2.95. The van der Waals surface area contributed by atoms with Gasteiger partial charge in [0.15, 0.2) is 0 Å². The molecular weight excluding hydrogens is 318 g/mol. The summed E-state index contributed by atoms with van der Waals surface area (Å²) in [6.45, 7) is 5.57. The van der Waals surface area contributed by atoms with Gasteiger partial charge in [-0.2, -0.15) is 11.8 Å². The van der Waals surface area contributed by atoms with Crippen LogP contribution in [0.3, 0.4) is 0 Å². The molecule has 0 aliphatic carbocycles. The lowest BCUT2D eigenvalue weighted by atomic mass is 10.2. The topological polar surface area (TPSA) is 35.6 Å². The van der Waals surface area contributed by atoms with Gasteiger partial charge in [-0.25, -0.2) is 0 Å². The highest BCUT2D eigenvalue weighted by Crippen LogP contribution is 2.20. The molecule has 0 aromatic heterocycles. The molecule has 0 bridgehead atoms. The number of nitrogens with zero attached hydrogens (tertiary/aromatic N) is 2. The van der Waals surface area contributed by atoms with E-state index < -0.39 is 0 Å². The van der Waals surface area contributed by atoms with Gasteiger partial charge in [0.1, 0.15) is 0 Å². The number of anilines is 1. The number of rotatable bonds is 9. The van der Waals surface area contributed by atoms with Crippen LogP contribution < -0.4 is 10.2 Å². The zero-order valence-electron chi connectivity index (χ0n) is 15.3. The zero-order chi connectivity index (χ0) is 17.4. The van der Waals surface area contributed by atoms with Crippen molar-refractivity contribution in [3.8, 4) is 0 Å². The largest absolute Gasteiger partial charge is 0.372 e. The van der Waals surface area contributed by atoms with Crippen molar-refractivity contribution >= 4 is 23.4 Å². The van der Waals surface area contributed by atoms with Gasteiger partial charge in [-0.1, -0.05) is 12.1 Å². The average molecular weight is 350 g/mol. The summed E-state index contributed by atoms with van der Waals surface area (Å²) in [5, 5.41) is 3.03. The van der Waals surface area contributed by atoms with E-state index in [9.17, 15) is 4.79 Å². The highest BCUT2D eigenvalue weighted by molar-refractivity contribution is 7.98. The Balaban J connectivity index is 1.73. The van der Waals surface area contributed by atoms with Gasteiger partial charge >= 0.3 is 0 Å². The van der Waals surface area contributed by atoms with Crippen molar-refractivity contribution < 1.29 is 4.79 Å². The molecule has 4 nitrogen and oxygen atoms in total. The van der Waals surface area contributed by atoms with E-state index in [4.69, 9.17) is 0 Å². The quantitative estimate of drug-likeness (QED) is 0.743. The Labute approximate surface area is 151 Å². The normalized spacial score (nSPS) is 15.8. The van der Waals surface area contributed by atoms with Crippen molar-refractivity contribution in [3.63, 3.8) is 0 Å². The molecule has 1 aliphatic rings. The van der Waals surface area contributed by atoms with Crippen LogP contribution in [-0.2, 0) is 11.3 Å². The maximum absolute atomic E-state index is 12.1. The van der Waals surface area contributed by atoms with Crippen LogP contribution in [0.2, 0.25) is 0 Å². The third kappa shape index (κ3) is 6.02. The Bertz CT molecular complexity index is 500. The first-order valence-electron chi connectivity index (χ1n) is 8.90. The van der Waals surface area contributed by atoms with Crippen LogP contribution in [0.1, 0.15) is 31.7 Å². The number of amides is 1. The Morgan fingerprint density at radius 3 is 2.58 bits per heavy atom. The Morgan fingerprint density at radius 1 is 1.29 bits per heavy atom. The van der Waals surface area contributed by atoms with Gasteiger partial charge in [0.25, 0.3) is 0 Å². The van der Waals surface area contributed by atoms with Gasteiger partial charge in [-0.05, 0) is 62.9 Å². The lowest BCUT2D eigenvalue weighted by Crippen LogP contribution is -2.39. The molecule has 1 saturated heterocycles. The molecule has 1 fully saturated rings. The summed E-state index contributed by atoms with van der Waals surface area (Å²) in [6, 6.07) is 9.02. The van der Waals surface area contributed by atoms with Crippen LogP contribution in [0.15, 0.2) is 24.3 Å². The number of carbonyl (C=O) groups excluding carboxylic acids is 1. The molecule has 1 aliphatic heterocycles. The number of thioether (sulfide) groups is 1. The van der Waals surface area contributed by atoms with E-state index in [1.807, 2.05) is 18.8 Å². The van der Waals surface area contributed by atoms with Crippen molar-refractivity contribution in [2.24, 2.45) is 0 Å². The van der Waals surface area contributed by atoms with Gasteiger partial charge in [-0.15, -0.1) is 0 Å². The van der Waals surface area contributed by atoms with Crippen LogP contribution in [0.4, 0.5) is 5.69 Å². The van der Waals surface area contributed by atoms with E-state index in [1.54, 1.807) is 0 Å². The maximum atomic E-state index is 12.1. The Kier molecular flexibility index (Phi) is 7.92. The molecule has 134 valence electrons. The van der Waals surface area contributed by atoms with Crippen molar-refractivity contribution in [3.05, 3.63) is 29.8 Å². The Morgan fingerprint density at radius 2 is 1.96 bits per heavy atom. The molecule has 0 spiro atoms. The van der Waals surface area contributed by atoms with Crippen LogP contribution in [0.5, 0.6) is 0 Å². The van der Waals surface area contributed by atoms with Crippen molar-refractivity contribution in [2.45, 2.75) is 38.8 Å². The predicted molar refractivity (Wildman–Crippen MR) is 105 cm³/mol. The number of likely N-dealkylation sites (N-methyl/N-ethyl adjacent to an activating group) is 1. The molecule has 0 saturated carbocycles. The van der Waals surface area contributed by atoms with Crippen LogP contribution in [0.25, 0.3) is 0 Å². The van der Waals surface area contributed by atoms with Crippen LogP contribution in [-0.4, -0.2) is 55.5 Å². The van der Waals surface area contributed by atoms with Gasteiger partial charge in [0.2, 0.25) is 5.91 Å². The molecule has 1 aromatic carbocycles. The second-order valence-corrected chi connectivity index (χ2v) is 7.67. The number of hydrogen-bond acceptors (Lipinski definition) is 4. The van der Waals surface area contributed by atoms with Gasteiger partial charge in [0, 0.05) is 31.4 Å². The highest BCUT2D eigenvalue weighted by Gasteiger charge is 2.13. The minimum Gasteiger partial charge on any atom is -0.372 e. The summed E-state index contributed by atoms with van der Waals surface area (Å²) in [4.78, 5) is 16.7. The van der Waals surface area contributed by atoms with E-state index in [2.05, 4.69) is 52.6 Å². The van der Waals surface area contributed by atoms with Crippen LogP contribution >= 0.6 is 11.8 Å². The maximum Gasteiger partial charge on any atom is 0.234 e. The van der Waals surface area contributed by atoms with E-state index in [0.29, 0.717) is 19.1 Å². The van der Waals surface area contributed by atoms with Crippen LogP contribution in [0, 0.1) is 0 Å². The molecule has 0 radical (unpaired) electrons. The minimum absolute atomic E-state index is 0.0946. The number of nitrogens with one attached hydrogen (secondary N) is 1. The first-order valence-corrected chi connectivity index (χ1v) is 10.3. The lowest BCUT2D eigenvalue weighted by Gasteiger charge is -2.23. The molecule has 2 rings (SSSR count). The van der Waals surface area contributed by atoms with Crippen molar-refractivity contribution in [1.29, 1.82) is 0 Å². The Hall–Kier alpha value is -1.20. The molecule has 1 heterocycles. The molecule has 1 aromatic rings. The fourth-order valence-corrected chi connectivity index (χ4v) is 3.52. The number of carbonyl (C=O) groups is 1. The summed E-state index contributed by atoms with van der Waals surface area (Å²) < 4.78 is 0. The van der Waals surface area contributed by atoms with E-state index in [1.165, 1.54) is 18.5 Å². The van der Waals surface area contributed by atoms with Gasteiger partial charge in [-0.3, -0.25) is 9.69 Å². The van der Waals surface area contributed by atoms with Gasteiger partial charge < -0.3 is 10.2 Å². The molecule has 1 unspecified atom stereocenters. The average Bonchev–Trinajstić information content (AvgIpc) is 3.12. The summed E-state index contributed by atoms with van der Waals surface area (Å²) in [5.41, 5.74) is 2.45. The minimum atomic E-state index is 0.0946. The second kappa shape index (κ2) is 9.94. The van der Waals surface area contributed by atoms with Crippen molar-refractivity contribution in [2.75, 3.05) is 43.6 Å². The number of hydrogen-bond donors (Lipinski definition) is 1. The second-order valence-electron chi connectivity index (χ2n) is 6.68. The molecule has 24 heavy (non-hydrogen) atoms. The van der Waals surface area contributed by atoms with Crippen molar-refractivity contribution in [1.82, 2.24) is 10.2 Å². The predicted octanol–water partition coefficient (Wildman–Crippen LogP) is 2.98. The summed E-state index contributed by atoms with van der Waals surface area (Å²) in [5.74, 6) is 1.23. The van der Waals surface area contributed by atoms with E-state index in [0.717, 1.165) is 30.8 Å². The molecule has 1 N–H and O–H groups in total. The first kappa shape index (κ1) is 19.1. The highest BCUT2D eigenvalue weighted by atomic mass is 32.2. The summed E-state index contributed by atoms with van der Waals surface area (Å²) in [6.07, 6.45) is 5.82. The monoisotopic (exact) mass is 349 g/mol. The smallest absolute Gasteiger partial charge is 0.234 e. The molecule has 1 atom stereocenters. The number of benzene rings is 1. The SMILES string of the molecule is CSCCC(C)N(C)CC(=O)NCc1ccc(N2CCCC2)cc1. The first-order chi connectivity index (χ1) is 11.6. The third-order valence-electron chi connectivity index (χ3n) is 4.78.